The second-order valence-corrected chi connectivity index (χ2v) is 12.4. The standard InChI is InChI=1S/C34H31FN6O3S2/c1-44-27-14-12-24(13-15-27)29-20-28(30-11-6-18-45-30)39-41(29)32(42)22-46-34-38-37-31(40(34)17-16-23-7-3-2-4-8-23)21-36-33(43)25-9-5-10-26(35)19-25/h2-15,18-19,29H,16-17,20-22H2,1H3,(H,36,43)/t29-/m1/s1. The fourth-order valence-corrected chi connectivity index (χ4v) is 6.72. The molecule has 3 aromatic carbocycles. The van der Waals surface area contributed by atoms with Crippen molar-refractivity contribution in [1.29, 1.82) is 0 Å². The fraction of sp³-hybridized carbons (Fsp3) is 0.206. The lowest BCUT2D eigenvalue weighted by molar-refractivity contribution is -0.130. The minimum absolute atomic E-state index is 0.0891. The van der Waals surface area contributed by atoms with Crippen molar-refractivity contribution in [2.45, 2.75) is 37.1 Å². The third kappa shape index (κ3) is 7.35. The second kappa shape index (κ2) is 14.5. The Bertz CT molecular complexity index is 1830. The fourth-order valence-electron chi connectivity index (χ4n) is 5.17. The Morgan fingerprint density at radius 3 is 2.59 bits per heavy atom. The van der Waals surface area contributed by atoms with Crippen LogP contribution in [0.25, 0.3) is 0 Å². The van der Waals surface area contributed by atoms with Gasteiger partial charge in [0.25, 0.3) is 11.8 Å². The summed E-state index contributed by atoms with van der Waals surface area (Å²) < 4.78 is 20.9. The van der Waals surface area contributed by atoms with E-state index in [1.165, 1.54) is 30.0 Å². The van der Waals surface area contributed by atoms with Crippen LogP contribution in [0.1, 0.15) is 44.6 Å². The number of nitrogens with one attached hydrogen (secondary N) is 1. The van der Waals surface area contributed by atoms with E-state index in [0.717, 1.165) is 27.5 Å². The number of rotatable bonds is 12. The zero-order valence-corrected chi connectivity index (χ0v) is 26.6. The van der Waals surface area contributed by atoms with Gasteiger partial charge in [-0.25, -0.2) is 9.40 Å². The Morgan fingerprint density at radius 1 is 1.02 bits per heavy atom. The molecule has 0 saturated heterocycles. The molecule has 0 radical (unpaired) electrons. The first-order valence-electron chi connectivity index (χ1n) is 14.7. The van der Waals surface area contributed by atoms with Gasteiger partial charge in [-0.2, -0.15) is 5.10 Å². The molecule has 1 N–H and O–H groups in total. The first-order chi connectivity index (χ1) is 22.5. The highest BCUT2D eigenvalue weighted by Crippen LogP contribution is 2.35. The summed E-state index contributed by atoms with van der Waals surface area (Å²) in [6.45, 7) is 0.628. The van der Waals surface area contributed by atoms with Gasteiger partial charge in [0.2, 0.25) is 0 Å². The molecule has 6 rings (SSSR count). The summed E-state index contributed by atoms with van der Waals surface area (Å²) in [4.78, 5) is 27.5. The lowest BCUT2D eigenvalue weighted by Gasteiger charge is -2.22. The Morgan fingerprint density at radius 2 is 1.85 bits per heavy atom. The number of carbonyl (C=O) groups excluding carboxylic acids is 2. The van der Waals surface area contributed by atoms with E-state index in [2.05, 4.69) is 15.5 Å². The van der Waals surface area contributed by atoms with Crippen molar-refractivity contribution < 1.29 is 18.7 Å². The van der Waals surface area contributed by atoms with Gasteiger partial charge in [0, 0.05) is 18.5 Å². The van der Waals surface area contributed by atoms with Crippen molar-refractivity contribution in [1.82, 2.24) is 25.1 Å². The number of aromatic nitrogens is 3. The van der Waals surface area contributed by atoms with Crippen LogP contribution in [-0.2, 0) is 24.3 Å². The van der Waals surface area contributed by atoms with Crippen LogP contribution in [0.3, 0.4) is 0 Å². The predicted molar refractivity (Wildman–Crippen MR) is 177 cm³/mol. The summed E-state index contributed by atoms with van der Waals surface area (Å²) in [6, 6.07) is 27.0. The number of amides is 2. The quantitative estimate of drug-likeness (QED) is 0.163. The van der Waals surface area contributed by atoms with Crippen molar-refractivity contribution in [3.05, 3.63) is 130 Å². The van der Waals surface area contributed by atoms with E-state index in [-0.39, 0.29) is 29.8 Å². The molecule has 0 unspecified atom stereocenters. The number of ether oxygens (including phenoxy) is 1. The van der Waals surface area contributed by atoms with Crippen LogP contribution in [0, 0.1) is 5.82 Å². The molecule has 0 spiro atoms. The molecule has 2 aromatic heterocycles. The van der Waals surface area contributed by atoms with Crippen LogP contribution in [0.5, 0.6) is 5.75 Å². The third-order valence-electron chi connectivity index (χ3n) is 7.55. The lowest BCUT2D eigenvalue weighted by atomic mass is 10.0. The Hall–Kier alpha value is -4.81. The third-order valence-corrected chi connectivity index (χ3v) is 9.42. The molecule has 1 aliphatic rings. The van der Waals surface area contributed by atoms with Crippen LogP contribution in [0.4, 0.5) is 4.39 Å². The van der Waals surface area contributed by atoms with Gasteiger partial charge in [-0.1, -0.05) is 66.4 Å². The van der Waals surface area contributed by atoms with E-state index in [9.17, 15) is 14.0 Å². The van der Waals surface area contributed by atoms with Crippen molar-refractivity contribution in [3.8, 4) is 5.75 Å². The molecular weight excluding hydrogens is 624 g/mol. The number of halogens is 1. The van der Waals surface area contributed by atoms with Gasteiger partial charge >= 0.3 is 0 Å². The maximum Gasteiger partial charge on any atom is 0.253 e. The molecular formula is C34H31FN6O3S2. The second-order valence-electron chi connectivity index (χ2n) is 10.5. The largest absolute Gasteiger partial charge is 0.497 e. The van der Waals surface area contributed by atoms with E-state index < -0.39 is 11.7 Å². The maximum atomic E-state index is 13.8. The van der Waals surface area contributed by atoms with E-state index in [1.807, 2.05) is 76.7 Å². The van der Waals surface area contributed by atoms with Crippen molar-refractivity contribution >= 4 is 40.6 Å². The number of nitrogens with zero attached hydrogens (tertiary/aromatic N) is 5. The zero-order valence-electron chi connectivity index (χ0n) is 25.0. The minimum Gasteiger partial charge on any atom is -0.497 e. The summed E-state index contributed by atoms with van der Waals surface area (Å²) in [6.07, 6.45) is 1.30. The summed E-state index contributed by atoms with van der Waals surface area (Å²) in [5, 5.41) is 20.5. The van der Waals surface area contributed by atoms with Crippen molar-refractivity contribution in [2.24, 2.45) is 5.10 Å². The van der Waals surface area contributed by atoms with Gasteiger partial charge in [-0.15, -0.1) is 21.5 Å². The number of carbonyl (C=O) groups is 2. The average molecular weight is 655 g/mol. The average Bonchev–Trinajstić information content (AvgIpc) is 3.86. The molecule has 5 aromatic rings. The first-order valence-corrected chi connectivity index (χ1v) is 16.5. The monoisotopic (exact) mass is 654 g/mol. The van der Waals surface area contributed by atoms with E-state index in [4.69, 9.17) is 9.84 Å². The minimum atomic E-state index is -0.485. The molecule has 1 atom stereocenters. The molecule has 9 nitrogen and oxygen atoms in total. The number of benzene rings is 3. The summed E-state index contributed by atoms with van der Waals surface area (Å²) >= 11 is 2.88. The van der Waals surface area contributed by atoms with Crippen molar-refractivity contribution in [2.75, 3.05) is 12.9 Å². The predicted octanol–water partition coefficient (Wildman–Crippen LogP) is 6.13. The maximum absolute atomic E-state index is 13.8. The highest BCUT2D eigenvalue weighted by molar-refractivity contribution is 7.99. The Kier molecular flexibility index (Phi) is 9.85. The van der Waals surface area contributed by atoms with Crippen LogP contribution in [0.15, 0.2) is 107 Å². The van der Waals surface area contributed by atoms with Gasteiger partial charge in [-0.05, 0) is 59.3 Å². The number of hydrazone groups is 1. The number of hydrogen-bond acceptors (Lipinski definition) is 8. The van der Waals surface area contributed by atoms with Gasteiger partial charge in [0.15, 0.2) is 11.0 Å². The summed E-state index contributed by atoms with van der Waals surface area (Å²) in [5.41, 5.74) is 3.19. The Labute approximate surface area is 274 Å². The molecule has 3 heterocycles. The lowest BCUT2D eigenvalue weighted by Crippen LogP contribution is -2.28. The Balaban J connectivity index is 1.20. The normalized spacial score (nSPS) is 14.3. The highest BCUT2D eigenvalue weighted by atomic mass is 32.2. The number of hydrogen-bond donors (Lipinski definition) is 1. The molecule has 234 valence electrons. The van der Waals surface area contributed by atoms with Crippen LogP contribution < -0.4 is 10.1 Å². The number of methoxy groups -OCH3 is 1. The highest BCUT2D eigenvalue weighted by Gasteiger charge is 2.33. The molecule has 0 bridgehead atoms. The topological polar surface area (TPSA) is 102 Å². The van der Waals surface area contributed by atoms with Gasteiger partial charge < -0.3 is 14.6 Å². The van der Waals surface area contributed by atoms with Crippen LogP contribution in [0.2, 0.25) is 0 Å². The number of thioether (sulfide) groups is 1. The van der Waals surface area contributed by atoms with E-state index in [1.54, 1.807) is 29.5 Å². The summed E-state index contributed by atoms with van der Waals surface area (Å²) in [7, 11) is 1.62. The zero-order chi connectivity index (χ0) is 31.9. The van der Waals surface area contributed by atoms with Crippen LogP contribution in [-0.4, -0.2) is 50.2 Å². The SMILES string of the molecule is COc1ccc([C@H]2CC(c3cccs3)=NN2C(=O)CSc2nnc(CNC(=O)c3cccc(F)c3)n2CCc2ccccc2)cc1. The molecule has 0 fully saturated rings. The molecule has 2 amide bonds. The molecule has 12 heteroatoms. The summed E-state index contributed by atoms with van der Waals surface area (Å²) in [5.74, 6) is 0.308. The van der Waals surface area contributed by atoms with Gasteiger partial charge in [-0.3, -0.25) is 9.59 Å². The molecule has 0 aliphatic carbocycles. The van der Waals surface area contributed by atoms with Crippen LogP contribution >= 0.6 is 23.1 Å². The van der Waals surface area contributed by atoms with Crippen molar-refractivity contribution in [3.63, 3.8) is 0 Å². The first kappa shape index (κ1) is 31.2. The smallest absolute Gasteiger partial charge is 0.253 e. The molecule has 0 saturated carbocycles. The molecule has 1 aliphatic heterocycles. The molecule has 46 heavy (non-hydrogen) atoms. The van der Waals surface area contributed by atoms with Gasteiger partial charge in [0.1, 0.15) is 11.6 Å². The number of thiophene rings is 1. The van der Waals surface area contributed by atoms with Gasteiger partial charge in [0.05, 0.1) is 36.0 Å². The van der Waals surface area contributed by atoms with E-state index >= 15 is 0 Å². The number of aryl methyl sites for hydroxylation is 1. The van der Waals surface area contributed by atoms with E-state index in [0.29, 0.717) is 30.4 Å².